The Labute approximate surface area is 200 Å². The molecule has 5 N–H and O–H groups in total. The zero-order valence-electron chi connectivity index (χ0n) is 20.5. The molecule has 1 aromatic carbocycles. The van der Waals surface area contributed by atoms with E-state index in [9.17, 15) is 5.11 Å². The van der Waals surface area contributed by atoms with Crippen molar-refractivity contribution in [3.8, 4) is 5.75 Å². The number of ether oxygens (including phenoxy) is 1. The molecule has 182 valence electrons. The number of hydrogen-bond donors (Lipinski definition) is 4. The van der Waals surface area contributed by atoms with E-state index in [1.807, 2.05) is 27.2 Å². The van der Waals surface area contributed by atoms with Gasteiger partial charge in [0, 0.05) is 32.4 Å². The summed E-state index contributed by atoms with van der Waals surface area (Å²) in [5.41, 5.74) is 8.39. The summed E-state index contributed by atoms with van der Waals surface area (Å²) in [7, 11) is 7.65. The summed E-state index contributed by atoms with van der Waals surface area (Å²) in [6.45, 7) is 5.04. The number of nitrogens with one attached hydrogen (secondary N) is 2. The number of anilines is 6. The lowest BCUT2D eigenvalue weighted by Crippen LogP contribution is -2.29. The molecule has 0 spiro atoms. The molecule has 0 amide bonds. The van der Waals surface area contributed by atoms with Crippen LogP contribution in [0.25, 0.3) is 0 Å². The first-order valence-corrected chi connectivity index (χ1v) is 10.8. The van der Waals surface area contributed by atoms with Gasteiger partial charge in [0.2, 0.25) is 11.9 Å². The quantitative estimate of drug-likeness (QED) is 0.327. The second kappa shape index (κ2) is 10.5. The van der Waals surface area contributed by atoms with Crippen molar-refractivity contribution in [2.75, 3.05) is 62.6 Å². The first kappa shape index (κ1) is 24.9. The maximum absolute atomic E-state index is 10.4. The van der Waals surface area contributed by atoms with Crippen LogP contribution < -0.4 is 26.0 Å². The molecule has 0 fully saturated rings. The van der Waals surface area contributed by atoms with Crippen molar-refractivity contribution >= 4 is 34.6 Å². The SMILES string of the molecule is COc1cc(N(C)CCN(C)C)c(N)cc1Nc1ncnc(Nc2cccnc2C(C)(C)O)n1. The zero-order valence-corrected chi connectivity index (χ0v) is 20.5. The van der Waals surface area contributed by atoms with Gasteiger partial charge in [-0.3, -0.25) is 4.98 Å². The van der Waals surface area contributed by atoms with Gasteiger partial charge in [-0.05, 0) is 46.1 Å². The summed E-state index contributed by atoms with van der Waals surface area (Å²) in [6, 6.07) is 7.25. The van der Waals surface area contributed by atoms with Gasteiger partial charge in [-0.1, -0.05) is 0 Å². The minimum Gasteiger partial charge on any atom is -0.494 e. The highest BCUT2D eigenvalue weighted by Crippen LogP contribution is 2.36. The van der Waals surface area contributed by atoms with Gasteiger partial charge < -0.3 is 36.0 Å². The fourth-order valence-corrected chi connectivity index (χ4v) is 3.30. The number of rotatable bonds is 10. The molecule has 34 heavy (non-hydrogen) atoms. The lowest BCUT2D eigenvalue weighted by atomic mass is 10.0. The molecule has 11 heteroatoms. The van der Waals surface area contributed by atoms with Gasteiger partial charge in [0.05, 0.1) is 35.6 Å². The highest BCUT2D eigenvalue weighted by atomic mass is 16.5. The Morgan fingerprint density at radius 3 is 2.32 bits per heavy atom. The van der Waals surface area contributed by atoms with E-state index >= 15 is 0 Å². The van der Waals surface area contributed by atoms with Gasteiger partial charge in [0.1, 0.15) is 17.7 Å². The molecular weight excluding hydrogens is 434 g/mol. The second-order valence-electron chi connectivity index (χ2n) is 8.68. The highest BCUT2D eigenvalue weighted by molar-refractivity contribution is 5.79. The van der Waals surface area contributed by atoms with Crippen LogP contribution in [0.5, 0.6) is 5.75 Å². The zero-order chi connectivity index (χ0) is 24.9. The Bertz CT molecular complexity index is 1120. The van der Waals surface area contributed by atoms with E-state index in [-0.39, 0.29) is 0 Å². The molecule has 0 saturated carbocycles. The molecular formula is C23H33N9O2. The third kappa shape index (κ3) is 6.21. The largest absolute Gasteiger partial charge is 0.494 e. The summed E-state index contributed by atoms with van der Waals surface area (Å²) in [4.78, 5) is 21.3. The van der Waals surface area contributed by atoms with Crippen LogP contribution in [0.4, 0.5) is 34.6 Å². The number of methoxy groups -OCH3 is 1. The molecule has 0 aliphatic heterocycles. The van der Waals surface area contributed by atoms with Crippen molar-refractivity contribution in [3.63, 3.8) is 0 Å². The summed E-state index contributed by atoms with van der Waals surface area (Å²) >= 11 is 0. The number of likely N-dealkylation sites (N-methyl/N-ethyl adjacent to an activating group) is 2. The van der Waals surface area contributed by atoms with E-state index in [0.717, 1.165) is 18.8 Å². The minimum absolute atomic E-state index is 0.294. The standard InChI is InChI=1S/C23H33N9O2/c1-23(2,33)20-16(8-7-9-25-20)28-21-26-14-27-22(30-21)29-17-12-15(24)18(13-19(17)34-6)32(5)11-10-31(3)4/h7-9,12-14,33H,10-11,24H2,1-6H3,(H2,26,27,28,29,30). The molecule has 0 saturated heterocycles. The van der Waals surface area contributed by atoms with E-state index in [2.05, 4.69) is 40.4 Å². The number of nitrogens with two attached hydrogens (primary N) is 1. The number of pyridine rings is 1. The third-order valence-electron chi connectivity index (χ3n) is 5.09. The van der Waals surface area contributed by atoms with Crippen LogP contribution in [0.1, 0.15) is 19.5 Å². The Morgan fingerprint density at radius 2 is 1.71 bits per heavy atom. The predicted molar refractivity (Wildman–Crippen MR) is 135 cm³/mol. The molecule has 3 aromatic rings. The van der Waals surface area contributed by atoms with Crippen molar-refractivity contribution in [2.45, 2.75) is 19.4 Å². The molecule has 11 nitrogen and oxygen atoms in total. The highest BCUT2D eigenvalue weighted by Gasteiger charge is 2.22. The van der Waals surface area contributed by atoms with Gasteiger partial charge in [0.25, 0.3) is 0 Å². The summed E-state index contributed by atoms with van der Waals surface area (Å²) in [5, 5.41) is 16.7. The van der Waals surface area contributed by atoms with Crippen molar-refractivity contribution in [2.24, 2.45) is 0 Å². The van der Waals surface area contributed by atoms with E-state index in [1.165, 1.54) is 6.33 Å². The second-order valence-corrected chi connectivity index (χ2v) is 8.68. The first-order valence-electron chi connectivity index (χ1n) is 10.8. The van der Waals surface area contributed by atoms with Crippen molar-refractivity contribution in [3.05, 3.63) is 42.5 Å². The van der Waals surface area contributed by atoms with Crippen molar-refractivity contribution in [1.29, 1.82) is 0 Å². The number of aliphatic hydroxyl groups is 1. The number of hydrogen-bond acceptors (Lipinski definition) is 11. The fraction of sp³-hybridized carbons (Fsp3) is 0.391. The first-order chi connectivity index (χ1) is 16.1. The van der Waals surface area contributed by atoms with Crippen LogP contribution in [0.15, 0.2) is 36.8 Å². The van der Waals surface area contributed by atoms with Gasteiger partial charge in [0.15, 0.2) is 0 Å². The molecule has 0 atom stereocenters. The van der Waals surface area contributed by atoms with E-state index in [1.54, 1.807) is 45.4 Å². The lowest BCUT2D eigenvalue weighted by Gasteiger charge is -2.24. The number of aromatic nitrogens is 4. The molecule has 0 bridgehead atoms. The summed E-state index contributed by atoms with van der Waals surface area (Å²) in [6.07, 6.45) is 3.01. The molecule has 0 aliphatic carbocycles. The molecule has 0 unspecified atom stereocenters. The van der Waals surface area contributed by atoms with Crippen molar-refractivity contribution in [1.82, 2.24) is 24.8 Å². The normalized spacial score (nSPS) is 11.4. The smallest absolute Gasteiger partial charge is 0.232 e. The van der Waals surface area contributed by atoms with Crippen LogP contribution in [-0.4, -0.2) is 71.3 Å². The summed E-state index contributed by atoms with van der Waals surface area (Å²) in [5.74, 6) is 1.20. The maximum Gasteiger partial charge on any atom is 0.232 e. The predicted octanol–water partition coefficient (Wildman–Crippen LogP) is 2.57. The van der Waals surface area contributed by atoms with Gasteiger partial charge in [-0.25, -0.2) is 9.97 Å². The molecule has 0 radical (unpaired) electrons. The van der Waals surface area contributed by atoms with Gasteiger partial charge in [-0.2, -0.15) is 4.98 Å². The van der Waals surface area contributed by atoms with E-state index < -0.39 is 5.60 Å². The molecule has 0 aliphatic rings. The average Bonchev–Trinajstić information content (AvgIpc) is 2.77. The van der Waals surface area contributed by atoms with Crippen LogP contribution in [0.3, 0.4) is 0 Å². The van der Waals surface area contributed by atoms with Crippen LogP contribution in [0, 0.1) is 0 Å². The summed E-state index contributed by atoms with van der Waals surface area (Å²) < 4.78 is 5.59. The fourth-order valence-electron chi connectivity index (χ4n) is 3.30. The average molecular weight is 468 g/mol. The Kier molecular flexibility index (Phi) is 7.69. The Balaban J connectivity index is 1.83. The number of nitrogen functional groups attached to an aromatic ring is 1. The minimum atomic E-state index is -1.13. The molecule has 2 aromatic heterocycles. The Hall–Kier alpha value is -3.70. The third-order valence-corrected chi connectivity index (χ3v) is 5.09. The molecule has 2 heterocycles. The number of nitrogens with zero attached hydrogens (tertiary/aromatic N) is 6. The maximum atomic E-state index is 10.4. The van der Waals surface area contributed by atoms with Crippen LogP contribution in [0.2, 0.25) is 0 Å². The molecule has 3 rings (SSSR count). The Morgan fingerprint density at radius 1 is 1.03 bits per heavy atom. The van der Waals surface area contributed by atoms with Crippen LogP contribution >= 0.6 is 0 Å². The van der Waals surface area contributed by atoms with E-state index in [4.69, 9.17) is 10.5 Å². The monoisotopic (exact) mass is 467 g/mol. The van der Waals surface area contributed by atoms with Crippen LogP contribution in [-0.2, 0) is 5.60 Å². The lowest BCUT2D eigenvalue weighted by molar-refractivity contribution is 0.0747. The van der Waals surface area contributed by atoms with E-state index in [0.29, 0.717) is 40.4 Å². The number of benzene rings is 1. The van der Waals surface area contributed by atoms with Crippen molar-refractivity contribution < 1.29 is 9.84 Å². The van der Waals surface area contributed by atoms with Gasteiger partial charge >= 0.3 is 0 Å². The van der Waals surface area contributed by atoms with Gasteiger partial charge in [-0.15, -0.1) is 0 Å². The topological polar surface area (TPSA) is 138 Å².